The number of carbonyl (C=O) groups excluding carboxylic acids is 1. The quantitative estimate of drug-likeness (QED) is 0.657. The lowest BCUT2D eigenvalue weighted by Crippen LogP contribution is -2.38. The number of halogens is 4. The number of hydrogen-bond acceptors (Lipinski definition) is 3. The van der Waals surface area contributed by atoms with Crippen molar-refractivity contribution in [3.63, 3.8) is 0 Å². The third kappa shape index (κ3) is 7.13. The summed E-state index contributed by atoms with van der Waals surface area (Å²) in [6.07, 6.45) is -2.56. The van der Waals surface area contributed by atoms with Crippen LogP contribution in [-0.2, 0) is 15.3 Å². The predicted octanol–water partition coefficient (Wildman–Crippen LogP) is 3.97. The Bertz CT molecular complexity index is 492. The molecule has 0 saturated heterocycles. The minimum atomic E-state index is -2.56. The number of benzene rings is 1. The molecule has 0 aliphatic rings. The number of hydrogen-bond donors (Lipinski definition) is 0. The van der Waals surface area contributed by atoms with Crippen LogP contribution >= 0.6 is 35.0 Å². The molecule has 0 heterocycles. The molecule has 1 aromatic carbocycles. The summed E-state index contributed by atoms with van der Waals surface area (Å²) in [4.78, 5) is 13.1. The first-order valence-electron chi connectivity index (χ1n) is 6.50. The van der Waals surface area contributed by atoms with Gasteiger partial charge in [0.25, 0.3) is 6.43 Å². The van der Waals surface area contributed by atoms with Crippen LogP contribution < -0.4 is 0 Å². The maximum Gasteiger partial charge on any atom is 0.255 e. The van der Waals surface area contributed by atoms with Gasteiger partial charge in [-0.2, -0.15) is 0 Å². The van der Waals surface area contributed by atoms with Crippen LogP contribution in [0.25, 0.3) is 0 Å². The van der Waals surface area contributed by atoms with E-state index in [2.05, 4.69) is 0 Å². The first-order valence-corrected chi connectivity index (χ1v) is 8.41. The number of rotatable bonds is 9. The highest BCUT2D eigenvalue weighted by Crippen LogP contribution is 2.24. The average molecular weight is 372 g/mol. The predicted molar refractivity (Wildman–Crippen MR) is 87.1 cm³/mol. The second-order valence-corrected chi connectivity index (χ2v) is 6.28. The van der Waals surface area contributed by atoms with E-state index in [-0.39, 0.29) is 24.8 Å². The molecule has 0 aliphatic heterocycles. The van der Waals surface area contributed by atoms with Crippen molar-refractivity contribution < 1.29 is 18.3 Å². The van der Waals surface area contributed by atoms with Crippen molar-refractivity contribution in [1.29, 1.82) is 0 Å². The highest BCUT2D eigenvalue weighted by molar-refractivity contribution is 7.99. The van der Waals surface area contributed by atoms with Gasteiger partial charge in [0.05, 0.1) is 18.9 Å². The molecule has 0 saturated carbocycles. The third-order valence-electron chi connectivity index (χ3n) is 2.77. The normalized spacial score (nSPS) is 11.0. The van der Waals surface area contributed by atoms with Crippen LogP contribution in [0.2, 0.25) is 10.0 Å². The number of nitrogens with zero attached hydrogens (tertiary/aromatic N) is 1. The molecule has 0 spiro atoms. The molecule has 8 heteroatoms. The molecule has 22 heavy (non-hydrogen) atoms. The van der Waals surface area contributed by atoms with Gasteiger partial charge in [-0.3, -0.25) is 4.79 Å². The minimum Gasteiger partial charge on any atom is -0.383 e. The standard InChI is InChI=1S/C14H17Cl2F2NO2S/c1-21-5-4-19(7-13(17)18)14(20)9-22-8-10-2-3-11(15)6-12(10)16/h2-3,6,13H,4-5,7-9H2,1H3. The van der Waals surface area contributed by atoms with Gasteiger partial charge in [0.2, 0.25) is 5.91 Å². The van der Waals surface area contributed by atoms with Crippen LogP contribution in [-0.4, -0.2) is 49.8 Å². The summed E-state index contributed by atoms with van der Waals surface area (Å²) in [6, 6.07) is 5.12. The number of methoxy groups -OCH3 is 1. The van der Waals surface area contributed by atoms with Crippen LogP contribution in [0, 0.1) is 0 Å². The van der Waals surface area contributed by atoms with E-state index < -0.39 is 13.0 Å². The summed E-state index contributed by atoms with van der Waals surface area (Å²) in [5.41, 5.74) is 0.848. The molecule has 0 aliphatic carbocycles. The second-order valence-electron chi connectivity index (χ2n) is 4.45. The molecule has 0 fully saturated rings. The van der Waals surface area contributed by atoms with Crippen molar-refractivity contribution in [1.82, 2.24) is 4.90 Å². The Hall–Kier alpha value is -0.560. The maximum atomic E-state index is 12.5. The zero-order valence-corrected chi connectivity index (χ0v) is 14.4. The monoisotopic (exact) mass is 371 g/mol. The second kappa shape index (κ2) is 10.3. The van der Waals surface area contributed by atoms with E-state index in [1.807, 2.05) is 0 Å². The lowest BCUT2D eigenvalue weighted by Gasteiger charge is -2.21. The fourth-order valence-electron chi connectivity index (χ4n) is 1.66. The van der Waals surface area contributed by atoms with Crippen molar-refractivity contribution >= 4 is 40.9 Å². The summed E-state index contributed by atoms with van der Waals surface area (Å²) in [5.74, 6) is 0.275. The van der Waals surface area contributed by atoms with Gasteiger partial charge in [-0.1, -0.05) is 29.3 Å². The van der Waals surface area contributed by atoms with E-state index in [0.29, 0.717) is 15.8 Å². The lowest BCUT2D eigenvalue weighted by atomic mass is 10.2. The zero-order chi connectivity index (χ0) is 16.5. The molecule has 1 aromatic rings. The van der Waals surface area contributed by atoms with Crippen LogP contribution in [0.4, 0.5) is 8.78 Å². The first kappa shape index (κ1) is 19.5. The van der Waals surface area contributed by atoms with Crippen molar-refractivity contribution in [3.05, 3.63) is 33.8 Å². The van der Waals surface area contributed by atoms with E-state index in [1.165, 1.54) is 18.9 Å². The van der Waals surface area contributed by atoms with Crippen molar-refractivity contribution in [2.24, 2.45) is 0 Å². The van der Waals surface area contributed by atoms with Gasteiger partial charge in [0.15, 0.2) is 0 Å². The van der Waals surface area contributed by atoms with Gasteiger partial charge in [-0.05, 0) is 17.7 Å². The molecular weight excluding hydrogens is 355 g/mol. The molecule has 1 amide bonds. The van der Waals surface area contributed by atoms with Crippen LogP contribution in [0.3, 0.4) is 0 Å². The third-order valence-corrected chi connectivity index (χ3v) is 4.33. The van der Waals surface area contributed by atoms with Crippen molar-refractivity contribution in [2.75, 3.05) is 32.6 Å². The molecule has 3 nitrogen and oxygen atoms in total. The Morgan fingerprint density at radius 2 is 2.14 bits per heavy atom. The summed E-state index contributed by atoms with van der Waals surface area (Å²) < 4.78 is 29.8. The molecule has 124 valence electrons. The number of carbonyl (C=O) groups is 1. The smallest absolute Gasteiger partial charge is 0.255 e. The Morgan fingerprint density at radius 1 is 1.41 bits per heavy atom. The Morgan fingerprint density at radius 3 is 2.73 bits per heavy atom. The van der Waals surface area contributed by atoms with Gasteiger partial charge in [0.1, 0.15) is 0 Å². The summed E-state index contributed by atoms with van der Waals surface area (Å²) >= 11 is 13.2. The molecule has 1 rings (SSSR count). The molecule has 0 radical (unpaired) electrons. The highest BCUT2D eigenvalue weighted by Gasteiger charge is 2.18. The zero-order valence-electron chi connectivity index (χ0n) is 12.0. The van der Waals surface area contributed by atoms with Gasteiger partial charge < -0.3 is 9.64 Å². The maximum absolute atomic E-state index is 12.5. The summed E-state index contributed by atoms with van der Waals surface area (Å²) in [6.45, 7) is -0.196. The lowest BCUT2D eigenvalue weighted by molar-refractivity contribution is -0.130. The van der Waals surface area contributed by atoms with Gasteiger partial charge in [-0.15, -0.1) is 11.8 Å². The summed E-state index contributed by atoms with van der Waals surface area (Å²) in [5, 5.41) is 1.06. The highest BCUT2D eigenvalue weighted by atomic mass is 35.5. The van der Waals surface area contributed by atoms with Crippen LogP contribution in [0.5, 0.6) is 0 Å². The minimum absolute atomic E-state index is 0.107. The van der Waals surface area contributed by atoms with Crippen molar-refractivity contribution in [2.45, 2.75) is 12.2 Å². The topological polar surface area (TPSA) is 29.5 Å². The summed E-state index contributed by atoms with van der Waals surface area (Å²) in [7, 11) is 1.46. The average Bonchev–Trinajstić information content (AvgIpc) is 2.45. The molecule has 0 unspecified atom stereocenters. The fourth-order valence-corrected chi connectivity index (χ4v) is 3.15. The Labute approximate surface area is 142 Å². The SMILES string of the molecule is COCCN(CC(F)F)C(=O)CSCc1ccc(Cl)cc1Cl. The molecular formula is C14H17Cl2F2NO2S. The molecule has 0 atom stereocenters. The van der Waals surface area contributed by atoms with E-state index in [1.54, 1.807) is 18.2 Å². The van der Waals surface area contributed by atoms with Gasteiger partial charge >= 0.3 is 0 Å². The Balaban J connectivity index is 2.48. The van der Waals surface area contributed by atoms with E-state index in [0.717, 1.165) is 10.5 Å². The number of ether oxygens (including phenoxy) is 1. The molecule has 0 bridgehead atoms. The van der Waals surface area contributed by atoms with E-state index >= 15 is 0 Å². The van der Waals surface area contributed by atoms with Crippen molar-refractivity contribution in [3.8, 4) is 0 Å². The molecule has 0 N–H and O–H groups in total. The van der Waals surface area contributed by atoms with E-state index in [9.17, 15) is 13.6 Å². The van der Waals surface area contributed by atoms with Crippen LogP contribution in [0.15, 0.2) is 18.2 Å². The number of thioether (sulfide) groups is 1. The Kier molecular flexibility index (Phi) is 9.09. The van der Waals surface area contributed by atoms with Gasteiger partial charge in [0, 0.05) is 29.5 Å². The fraction of sp³-hybridized carbons (Fsp3) is 0.500. The van der Waals surface area contributed by atoms with E-state index in [4.69, 9.17) is 27.9 Å². The van der Waals surface area contributed by atoms with Gasteiger partial charge in [-0.25, -0.2) is 8.78 Å². The number of alkyl halides is 2. The number of amides is 1. The van der Waals surface area contributed by atoms with Crippen LogP contribution in [0.1, 0.15) is 5.56 Å². The largest absolute Gasteiger partial charge is 0.383 e. The molecule has 0 aromatic heterocycles. The first-order chi connectivity index (χ1) is 10.4.